The second kappa shape index (κ2) is 7.01. The van der Waals surface area contributed by atoms with Gasteiger partial charge >= 0.3 is 0 Å². The molecule has 2 aliphatic heterocycles. The lowest BCUT2D eigenvalue weighted by atomic mass is 10.2. The minimum absolute atomic E-state index is 0.725. The third kappa shape index (κ3) is 3.36. The Morgan fingerprint density at radius 2 is 1.96 bits per heavy atom. The first-order chi connectivity index (χ1) is 11.8. The van der Waals surface area contributed by atoms with Gasteiger partial charge in [0.05, 0.1) is 11.4 Å². The third-order valence-electron chi connectivity index (χ3n) is 5.24. The van der Waals surface area contributed by atoms with Gasteiger partial charge in [0, 0.05) is 76.0 Å². The molecule has 0 bridgehead atoms. The van der Waals surface area contributed by atoms with E-state index >= 15 is 0 Å². The quantitative estimate of drug-likeness (QED) is 0.910. The Labute approximate surface area is 143 Å². The summed E-state index contributed by atoms with van der Waals surface area (Å²) in [4.78, 5) is 9.31. The smallest absolute Gasteiger partial charge is 0.0676 e. The zero-order chi connectivity index (χ0) is 16.4. The van der Waals surface area contributed by atoms with Crippen LogP contribution in [0.25, 0.3) is 5.69 Å². The number of pyridine rings is 1. The van der Waals surface area contributed by atoms with Crippen LogP contribution in [0.5, 0.6) is 0 Å². The summed E-state index contributed by atoms with van der Waals surface area (Å²) in [6.45, 7) is 10.1. The van der Waals surface area contributed by atoms with Gasteiger partial charge in [-0.05, 0) is 25.5 Å². The van der Waals surface area contributed by atoms with Gasteiger partial charge in [0.25, 0.3) is 0 Å². The molecule has 1 atom stereocenters. The minimum atomic E-state index is 0.725. The van der Waals surface area contributed by atoms with Gasteiger partial charge in [-0.1, -0.05) is 0 Å². The second-order valence-electron chi connectivity index (χ2n) is 6.85. The Morgan fingerprint density at radius 1 is 1.17 bits per heavy atom. The first-order valence-electron chi connectivity index (χ1n) is 8.92. The van der Waals surface area contributed by atoms with Crippen LogP contribution in [0.2, 0.25) is 0 Å². The molecule has 2 saturated heterocycles. The molecule has 2 aromatic rings. The van der Waals surface area contributed by atoms with Crippen LogP contribution >= 0.6 is 0 Å². The molecule has 4 heterocycles. The van der Waals surface area contributed by atoms with Gasteiger partial charge in [-0.15, -0.1) is 0 Å². The summed E-state index contributed by atoms with van der Waals surface area (Å²) >= 11 is 0. The van der Waals surface area contributed by atoms with E-state index in [2.05, 4.69) is 38.3 Å². The standard InChI is InChI=1S/C18H26N6/c1-15-16(13-24(21-15)17-2-5-19-6-3-17)12-22-9-4-18(14-22)23-10-7-20-8-11-23/h2-3,5-6,13,18,20H,4,7-12,14H2,1H3. The van der Waals surface area contributed by atoms with Crippen LogP contribution in [0, 0.1) is 6.92 Å². The Balaban J connectivity index is 1.40. The largest absolute Gasteiger partial charge is 0.314 e. The number of aromatic nitrogens is 3. The molecule has 0 aromatic carbocycles. The predicted octanol–water partition coefficient (Wildman–Crippen LogP) is 1.06. The first-order valence-corrected chi connectivity index (χ1v) is 8.92. The van der Waals surface area contributed by atoms with Crippen molar-refractivity contribution < 1.29 is 0 Å². The molecule has 2 aliphatic rings. The van der Waals surface area contributed by atoms with Crippen LogP contribution in [-0.4, -0.2) is 69.9 Å². The summed E-state index contributed by atoms with van der Waals surface area (Å²) in [6.07, 6.45) is 7.08. The maximum absolute atomic E-state index is 4.68. The summed E-state index contributed by atoms with van der Waals surface area (Å²) in [7, 11) is 0. The van der Waals surface area contributed by atoms with Gasteiger partial charge in [0.2, 0.25) is 0 Å². The highest BCUT2D eigenvalue weighted by molar-refractivity contribution is 5.30. The minimum Gasteiger partial charge on any atom is -0.314 e. The average Bonchev–Trinajstić information content (AvgIpc) is 3.24. The van der Waals surface area contributed by atoms with Crippen molar-refractivity contribution in [1.29, 1.82) is 0 Å². The Bertz CT molecular complexity index is 661. The van der Waals surface area contributed by atoms with E-state index in [1.807, 2.05) is 29.2 Å². The van der Waals surface area contributed by atoms with Gasteiger partial charge in [-0.2, -0.15) is 5.10 Å². The molecule has 4 rings (SSSR count). The van der Waals surface area contributed by atoms with E-state index in [9.17, 15) is 0 Å². The highest BCUT2D eigenvalue weighted by Gasteiger charge is 2.28. The fourth-order valence-electron chi connectivity index (χ4n) is 3.82. The molecular formula is C18H26N6. The van der Waals surface area contributed by atoms with Crippen LogP contribution in [-0.2, 0) is 6.54 Å². The molecule has 24 heavy (non-hydrogen) atoms. The molecule has 6 heteroatoms. The fraction of sp³-hybridized carbons (Fsp3) is 0.556. The van der Waals surface area contributed by atoms with Crippen LogP contribution in [0.15, 0.2) is 30.7 Å². The van der Waals surface area contributed by atoms with Gasteiger partial charge < -0.3 is 5.32 Å². The Kier molecular flexibility index (Phi) is 4.60. The fourth-order valence-corrected chi connectivity index (χ4v) is 3.82. The lowest BCUT2D eigenvalue weighted by Crippen LogP contribution is -2.49. The molecule has 6 nitrogen and oxygen atoms in total. The van der Waals surface area contributed by atoms with Crippen molar-refractivity contribution in [3.63, 3.8) is 0 Å². The maximum Gasteiger partial charge on any atom is 0.0676 e. The van der Waals surface area contributed by atoms with Crippen molar-refractivity contribution >= 4 is 0 Å². The van der Waals surface area contributed by atoms with Gasteiger partial charge in [0.15, 0.2) is 0 Å². The van der Waals surface area contributed by atoms with Crippen molar-refractivity contribution in [2.75, 3.05) is 39.3 Å². The number of hydrogen-bond donors (Lipinski definition) is 1. The lowest BCUT2D eigenvalue weighted by Gasteiger charge is -2.32. The van der Waals surface area contributed by atoms with Crippen molar-refractivity contribution in [1.82, 2.24) is 29.9 Å². The molecule has 2 fully saturated rings. The summed E-state index contributed by atoms with van der Waals surface area (Å²) in [5.41, 5.74) is 3.52. The number of likely N-dealkylation sites (tertiary alicyclic amines) is 1. The van der Waals surface area contributed by atoms with E-state index in [0.717, 1.165) is 37.1 Å². The highest BCUT2D eigenvalue weighted by Crippen LogP contribution is 2.20. The van der Waals surface area contributed by atoms with E-state index in [1.54, 1.807) is 0 Å². The topological polar surface area (TPSA) is 49.2 Å². The van der Waals surface area contributed by atoms with Crippen LogP contribution < -0.4 is 5.32 Å². The number of rotatable bonds is 4. The van der Waals surface area contributed by atoms with Crippen LogP contribution in [0.3, 0.4) is 0 Å². The third-order valence-corrected chi connectivity index (χ3v) is 5.24. The molecular weight excluding hydrogens is 300 g/mol. The normalized spacial score (nSPS) is 23.0. The van der Waals surface area contributed by atoms with E-state index < -0.39 is 0 Å². The SMILES string of the molecule is Cc1nn(-c2ccncc2)cc1CN1CCC(N2CCNCC2)C1. The maximum atomic E-state index is 4.68. The van der Waals surface area contributed by atoms with Crippen LogP contribution in [0.4, 0.5) is 0 Å². The van der Waals surface area contributed by atoms with Crippen LogP contribution in [0.1, 0.15) is 17.7 Å². The molecule has 0 aliphatic carbocycles. The lowest BCUT2D eigenvalue weighted by molar-refractivity contribution is 0.170. The summed E-state index contributed by atoms with van der Waals surface area (Å²) in [5, 5.41) is 8.12. The van der Waals surface area contributed by atoms with E-state index in [0.29, 0.717) is 0 Å². The monoisotopic (exact) mass is 326 g/mol. The highest BCUT2D eigenvalue weighted by atomic mass is 15.3. The molecule has 0 spiro atoms. The number of nitrogens with zero attached hydrogens (tertiary/aromatic N) is 5. The van der Waals surface area contributed by atoms with Crippen molar-refractivity contribution in [3.8, 4) is 5.69 Å². The summed E-state index contributed by atoms with van der Waals surface area (Å²) < 4.78 is 1.97. The second-order valence-corrected chi connectivity index (χ2v) is 6.85. The van der Waals surface area contributed by atoms with Gasteiger partial charge in [-0.3, -0.25) is 14.8 Å². The predicted molar refractivity (Wildman–Crippen MR) is 94.2 cm³/mol. The molecule has 1 unspecified atom stereocenters. The average molecular weight is 326 g/mol. The van der Waals surface area contributed by atoms with Gasteiger partial charge in [0.1, 0.15) is 0 Å². The first kappa shape index (κ1) is 15.7. The Morgan fingerprint density at radius 3 is 2.75 bits per heavy atom. The molecule has 0 radical (unpaired) electrons. The Hall–Kier alpha value is -1.76. The molecule has 128 valence electrons. The van der Waals surface area contributed by atoms with Crippen molar-refractivity contribution in [2.24, 2.45) is 0 Å². The van der Waals surface area contributed by atoms with Crippen molar-refractivity contribution in [2.45, 2.75) is 25.9 Å². The van der Waals surface area contributed by atoms with Gasteiger partial charge in [-0.25, -0.2) is 4.68 Å². The van der Waals surface area contributed by atoms with Crippen molar-refractivity contribution in [3.05, 3.63) is 42.0 Å². The summed E-state index contributed by atoms with van der Waals surface area (Å²) in [5.74, 6) is 0. The molecule has 0 amide bonds. The van der Waals surface area contributed by atoms with E-state index in [4.69, 9.17) is 0 Å². The number of aryl methyl sites for hydroxylation is 1. The number of nitrogens with one attached hydrogen (secondary N) is 1. The molecule has 1 N–H and O–H groups in total. The van der Waals surface area contributed by atoms with E-state index in [-0.39, 0.29) is 0 Å². The van der Waals surface area contributed by atoms with E-state index in [1.165, 1.54) is 38.2 Å². The molecule has 0 saturated carbocycles. The molecule has 2 aromatic heterocycles. The number of hydrogen-bond acceptors (Lipinski definition) is 5. The summed E-state index contributed by atoms with van der Waals surface area (Å²) in [6, 6.07) is 4.71. The zero-order valence-corrected chi connectivity index (χ0v) is 14.4. The zero-order valence-electron chi connectivity index (χ0n) is 14.4. The number of piperazine rings is 1.